The average molecular weight is 273 g/mol. The minimum atomic E-state index is 0.529. The maximum atomic E-state index is 5.26. The summed E-state index contributed by atoms with van der Waals surface area (Å²) in [7, 11) is 1.58. The molecule has 0 saturated carbocycles. The van der Waals surface area contributed by atoms with Crippen molar-refractivity contribution in [2.75, 3.05) is 17.7 Å². The first-order chi connectivity index (χ1) is 9.19. The lowest BCUT2D eigenvalue weighted by molar-refractivity contribution is 0.398. The second kappa shape index (κ2) is 6.15. The zero-order chi connectivity index (χ0) is 13.7. The minimum Gasteiger partial charge on any atom is -0.481 e. The summed E-state index contributed by atoms with van der Waals surface area (Å²) in [5.74, 6) is 0.573. The molecule has 1 aromatic heterocycles. The van der Waals surface area contributed by atoms with Crippen LogP contribution < -0.4 is 15.4 Å². The third kappa shape index (κ3) is 3.66. The van der Waals surface area contributed by atoms with Crippen LogP contribution in [0.2, 0.25) is 0 Å². The van der Waals surface area contributed by atoms with Crippen LogP contribution in [-0.4, -0.2) is 17.2 Å². The topological polar surface area (TPSA) is 46.2 Å². The lowest BCUT2D eigenvalue weighted by Gasteiger charge is -2.12. The van der Waals surface area contributed by atoms with E-state index in [9.17, 15) is 0 Å². The molecule has 2 aromatic rings. The molecule has 0 unspecified atom stereocenters. The van der Waals surface area contributed by atoms with Gasteiger partial charge in [0.25, 0.3) is 0 Å². The number of anilines is 2. The van der Waals surface area contributed by atoms with E-state index in [1.165, 1.54) is 0 Å². The van der Waals surface area contributed by atoms with Gasteiger partial charge in [0.05, 0.1) is 19.0 Å². The fourth-order valence-corrected chi connectivity index (χ4v) is 1.80. The van der Waals surface area contributed by atoms with Crippen molar-refractivity contribution in [3.05, 3.63) is 48.2 Å². The Morgan fingerprint density at radius 2 is 1.95 bits per heavy atom. The zero-order valence-corrected chi connectivity index (χ0v) is 11.6. The first-order valence-corrected chi connectivity index (χ1v) is 6.23. The molecule has 0 bridgehead atoms. The largest absolute Gasteiger partial charge is 0.481 e. The van der Waals surface area contributed by atoms with Gasteiger partial charge in [0.15, 0.2) is 5.11 Å². The fourth-order valence-electron chi connectivity index (χ4n) is 1.57. The van der Waals surface area contributed by atoms with E-state index in [0.717, 1.165) is 16.9 Å². The molecule has 5 heteroatoms. The smallest absolute Gasteiger partial charge is 0.213 e. The summed E-state index contributed by atoms with van der Waals surface area (Å²) in [5, 5.41) is 6.75. The highest BCUT2D eigenvalue weighted by molar-refractivity contribution is 7.80. The molecule has 0 aliphatic heterocycles. The number of pyridine rings is 1. The zero-order valence-electron chi connectivity index (χ0n) is 10.8. The van der Waals surface area contributed by atoms with Gasteiger partial charge < -0.3 is 15.4 Å². The van der Waals surface area contributed by atoms with Crippen molar-refractivity contribution < 1.29 is 4.74 Å². The SMILES string of the molecule is COc1ccc(NC(=S)Nc2ccccc2C)cn1. The van der Waals surface area contributed by atoms with Crippen molar-refractivity contribution in [2.24, 2.45) is 0 Å². The summed E-state index contributed by atoms with van der Waals surface area (Å²) < 4.78 is 5.00. The highest BCUT2D eigenvalue weighted by atomic mass is 32.1. The van der Waals surface area contributed by atoms with Gasteiger partial charge in [0.2, 0.25) is 5.88 Å². The number of para-hydroxylation sites is 1. The number of hydrogen-bond donors (Lipinski definition) is 2. The molecule has 0 fully saturated rings. The molecule has 19 heavy (non-hydrogen) atoms. The number of benzene rings is 1. The number of nitrogens with zero attached hydrogens (tertiary/aromatic N) is 1. The maximum absolute atomic E-state index is 5.26. The van der Waals surface area contributed by atoms with Crippen molar-refractivity contribution in [1.29, 1.82) is 0 Å². The Hall–Kier alpha value is -2.14. The second-order valence-electron chi connectivity index (χ2n) is 3.98. The molecule has 1 aromatic carbocycles. The van der Waals surface area contributed by atoms with Crippen LogP contribution in [0.5, 0.6) is 5.88 Å². The Morgan fingerprint density at radius 3 is 2.58 bits per heavy atom. The Kier molecular flexibility index (Phi) is 4.30. The number of aromatic nitrogens is 1. The third-order valence-corrected chi connectivity index (χ3v) is 2.80. The van der Waals surface area contributed by atoms with Gasteiger partial charge in [0, 0.05) is 11.8 Å². The van der Waals surface area contributed by atoms with Crippen molar-refractivity contribution >= 4 is 28.7 Å². The Bertz CT molecular complexity index is 569. The lowest BCUT2D eigenvalue weighted by Crippen LogP contribution is -2.19. The number of hydrogen-bond acceptors (Lipinski definition) is 3. The molecule has 2 rings (SSSR count). The van der Waals surface area contributed by atoms with Crippen LogP contribution in [-0.2, 0) is 0 Å². The third-order valence-electron chi connectivity index (χ3n) is 2.60. The van der Waals surface area contributed by atoms with Gasteiger partial charge in [-0.1, -0.05) is 18.2 Å². The molecule has 0 aliphatic rings. The van der Waals surface area contributed by atoms with E-state index in [0.29, 0.717) is 11.0 Å². The number of ether oxygens (including phenoxy) is 1. The van der Waals surface area contributed by atoms with Gasteiger partial charge in [0.1, 0.15) is 0 Å². The normalized spacial score (nSPS) is 9.79. The Morgan fingerprint density at radius 1 is 1.16 bits per heavy atom. The molecular weight excluding hydrogens is 258 g/mol. The van der Waals surface area contributed by atoms with E-state index in [1.807, 2.05) is 37.3 Å². The Labute approximate surface area is 117 Å². The van der Waals surface area contributed by atoms with E-state index in [-0.39, 0.29) is 0 Å². The molecule has 0 atom stereocenters. The Balaban J connectivity index is 1.99. The van der Waals surface area contributed by atoms with Crippen molar-refractivity contribution in [1.82, 2.24) is 4.98 Å². The molecule has 2 N–H and O–H groups in total. The molecule has 4 nitrogen and oxygen atoms in total. The predicted octanol–water partition coefficient (Wildman–Crippen LogP) is 3.21. The van der Waals surface area contributed by atoms with Gasteiger partial charge in [-0.3, -0.25) is 0 Å². The van der Waals surface area contributed by atoms with Crippen LogP contribution in [0.1, 0.15) is 5.56 Å². The quantitative estimate of drug-likeness (QED) is 0.841. The summed E-state index contributed by atoms with van der Waals surface area (Å²) in [4.78, 5) is 4.10. The molecular formula is C14H15N3OS. The van der Waals surface area contributed by atoms with Crippen LogP contribution in [0.3, 0.4) is 0 Å². The number of methoxy groups -OCH3 is 1. The maximum Gasteiger partial charge on any atom is 0.213 e. The molecule has 0 radical (unpaired) electrons. The molecule has 1 heterocycles. The fraction of sp³-hybridized carbons (Fsp3) is 0.143. The number of aryl methyl sites for hydroxylation is 1. The first-order valence-electron chi connectivity index (χ1n) is 5.83. The number of thiocarbonyl (C=S) groups is 1. The molecule has 0 spiro atoms. The van der Waals surface area contributed by atoms with Crippen LogP contribution in [0.15, 0.2) is 42.6 Å². The monoisotopic (exact) mass is 273 g/mol. The highest BCUT2D eigenvalue weighted by Gasteiger charge is 2.01. The number of rotatable bonds is 3. The van der Waals surface area contributed by atoms with Gasteiger partial charge in [-0.15, -0.1) is 0 Å². The molecule has 0 saturated heterocycles. The summed E-state index contributed by atoms with van der Waals surface area (Å²) in [6, 6.07) is 11.6. The number of nitrogens with one attached hydrogen (secondary N) is 2. The second-order valence-corrected chi connectivity index (χ2v) is 4.39. The van der Waals surface area contributed by atoms with E-state index in [1.54, 1.807) is 19.4 Å². The van der Waals surface area contributed by atoms with Gasteiger partial charge in [-0.25, -0.2) is 4.98 Å². The van der Waals surface area contributed by atoms with Crippen molar-refractivity contribution in [3.8, 4) is 5.88 Å². The molecule has 98 valence electrons. The van der Waals surface area contributed by atoms with Crippen LogP contribution in [0.4, 0.5) is 11.4 Å². The van der Waals surface area contributed by atoms with Crippen molar-refractivity contribution in [3.63, 3.8) is 0 Å². The first kappa shape index (κ1) is 13.3. The van der Waals surface area contributed by atoms with Crippen LogP contribution in [0, 0.1) is 6.92 Å². The van der Waals surface area contributed by atoms with E-state index in [4.69, 9.17) is 17.0 Å². The van der Waals surface area contributed by atoms with Gasteiger partial charge in [-0.2, -0.15) is 0 Å². The van der Waals surface area contributed by atoms with Gasteiger partial charge in [-0.05, 0) is 36.8 Å². The summed E-state index contributed by atoms with van der Waals surface area (Å²) in [5.41, 5.74) is 2.94. The van der Waals surface area contributed by atoms with E-state index in [2.05, 4.69) is 15.6 Å². The van der Waals surface area contributed by atoms with Crippen LogP contribution >= 0.6 is 12.2 Å². The van der Waals surface area contributed by atoms with E-state index >= 15 is 0 Å². The molecule has 0 amide bonds. The van der Waals surface area contributed by atoms with E-state index < -0.39 is 0 Å². The summed E-state index contributed by atoms with van der Waals surface area (Å²) >= 11 is 5.26. The average Bonchev–Trinajstić information content (AvgIpc) is 2.42. The highest BCUT2D eigenvalue weighted by Crippen LogP contribution is 2.15. The lowest BCUT2D eigenvalue weighted by atomic mass is 10.2. The van der Waals surface area contributed by atoms with Crippen molar-refractivity contribution in [2.45, 2.75) is 6.92 Å². The van der Waals surface area contributed by atoms with Gasteiger partial charge >= 0.3 is 0 Å². The summed E-state index contributed by atoms with van der Waals surface area (Å²) in [6.07, 6.45) is 1.67. The van der Waals surface area contributed by atoms with Crippen LogP contribution in [0.25, 0.3) is 0 Å². The molecule has 0 aliphatic carbocycles. The summed E-state index contributed by atoms with van der Waals surface area (Å²) in [6.45, 7) is 2.03. The standard InChI is InChI=1S/C14H15N3OS/c1-10-5-3-4-6-12(10)17-14(19)16-11-7-8-13(18-2)15-9-11/h3-9H,1-2H3,(H2,16,17,19). The minimum absolute atomic E-state index is 0.529. The predicted molar refractivity (Wildman–Crippen MR) is 81.8 cm³/mol.